The summed E-state index contributed by atoms with van der Waals surface area (Å²) in [5.41, 5.74) is 12.3. The molecule has 5 nitrogen and oxygen atoms in total. The normalized spacial score (nSPS) is 18.9. The molecule has 1 unspecified atom stereocenters. The number of nitrogens with one attached hydrogen (secondary N) is 1. The van der Waals surface area contributed by atoms with E-state index in [4.69, 9.17) is 10.7 Å². The van der Waals surface area contributed by atoms with Crippen molar-refractivity contribution in [1.29, 1.82) is 0 Å². The van der Waals surface area contributed by atoms with Crippen molar-refractivity contribution in [2.45, 2.75) is 96.3 Å². The molecule has 1 saturated carbocycles. The number of carbonyl (C=O) groups excluding carboxylic acids is 1. The number of amides is 1. The van der Waals surface area contributed by atoms with E-state index in [1.807, 2.05) is 12.3 Å². The first kappa shape index (κ1) is 30.3. The van der Waals surface area contributed by atoms with Gasteiger partial charge in [0.25, 0.3) is 0 Å². The summed E-state index contributed by atoms with van der Waals surface area (Å²) in [5.74, 6) is 0.759. The van der Waals surface area contributed by atoms with Gasteiger partial charge in [0.2, 0.25) is 5.91 Å². The predicted octanol–water partition coefficient (Wildman–Crippen LogP) is 7.74. The highest BCUT2D eigenvalue weighted by atomic mass is 28.3. The maximum absolute atomic E-state index is 13.5. The molecule has 0 saturated heterocycles. The molecule has 1 atom stereocenters. The molecule has 1 fully saturated rings. The molecule has 3 N–H and O–H groups in total. The molecule has 216 valence electrons. The number of benzene rings is 1. The Morgan fingerprint density at radius 3 is 2.20 bits per heavy atom. The van der Waals surface area contributed by atoms with Crippen LogP contribution in [-0.2, 0) is 11.2 Å². The number of rotatable bonds is 11. The van der Waals surface area contributed by atoms with Crippen molar-refractivity contribution in [2.24, 2.45) is 17.6 Å². The van der Waals surface area contributed by atoms with Crippen molar-refractivity contribution < 1.29 is 4.79 Å². The van der Waals surface area contributed by atoms with E-state index in [0.29, 0.717) is 29.0 Å². The molecule has 6 heteroatoms. The van der Waals surface area contributed by atoms with Gasteiger partial charge in [0.15, 0.2) is 8.24 Å². The molecule has 2 heterocycles. The Bertz CT molecular complexity index is 1210. The summed E-state index contributed by atoms with van der Waals surface area (Å²) in [6.07, 6.45) is 11.2. The van der Waals surface area contributed by atoms with Crippen molar-refractivity contribution in [3.8, 4) is 11.1 Å². The monoisotopic (exact) mass is 558 g/mol. The first-order valence-corrected chi connectivity index (χ1v) is 17.5. The van der Waals surface area contributed by atoms with Gasteiger partial charge in [-0.1, -0.05) is 71.9 Å². The van der Waals surface area contributed by atoms with Crippen LogP contribution < -0.4 is 11.1 Å². The van der Waals surface area contributed by atoms with Crippen LogP contribution in [0.4, 0.5) is 0 Å². The van der Waals surface area contributed by atoms with E-state index in [1.54, 1.807) is 0 Å². The molecule has 1 aromatic carbocycles. The highest BCUT2D eigenvalue weighted by Gasteiger charge is 2.45. The van der Waals surface area contributed by atoms with Gasteiger partial charge >= 0.3 is 0 Å². The second kappa shape index (κ2) is 13.3. The molecular formula is C34H50N4OSi. The number of pyridine rings is 1. The first-order valence-electron chi connectivity index (χ1n) is 15.4. The van der Waals surface area contributed by atoms with Crippen LogP contribution >= 0.6 is 0 Å². The van der Waals surface area contributed by atoms with E-state index in [0.717, 1.165) is 43.5 Å². The van der Waals surface area contributed by atoms with Crippen molar-refractivity contribution in [3.63, 3.8) is 0 Å². The SMILES string of the molecule is CC(C)[Si](C(C)C)(C(C)C)n1ccc(-c2ccnc(C(Cc3ccccc3)NC(=O)C3CCC(CN)CC3)c2)c1. The summed E-state index contributed by atoms with van der Waals surface area (Å²) >= 11 is 0. The second-order valence-corrected chi connectivity index (χ2v) is 18.6. The minimum atomic E-state index is -1.81. The summed E-state index contributed by atoms with van der Waals surface area (Å²) in [6.45, 7) is 15.1. The summed E-state index contributed by atoms with van der Waals surface area (Å²) in [6, 6.07) is 16.8. The van der Waals surface area contributed by atoms with E-state index < -0.39 is 8.24 Å². The van der Waals surface area contributed by atoms with Gasteiger partial charge in [-0.3, -0.25) is 9.78 Å². The molecule has 0 bridgehead atoms. The van der Waals surface area contributed by atoms with Crippen LogP contribution in [0.2, 0.25) is 16.6 Å². The fraction of sp³-hybridized carbons (Fsp3) is 0.529. The molecule has 4 rings (SSSR count). The number of hydrogen-bond donors (Lipinski definition) is 2. The van der Waals surface area contributed by atoms with Crippen molar-refractivity contribution in [1.82, 2.24) is 14.5 Å². The van der Waals surface area contributed by atoms with Gasteiger partial charge in [0.05, 0.1) is 11.7 Å². The Hall–Kier alpha value is -2.70. The quantitative estimate of drug-likeness (QED) is 0.236. The summed E-state index contributed by atoms with van der Waals surface area (Å²) in [7, 11) is -1.81. The van der Waals surface area contributed by atoms with Gasteiger partial charge in [0.1, 0.15) is 0 Å². The molecule has 0 radical (unpaired) electrons. The van der Waals surface area contributed by atoms with E-state index in [-0.39, 0.29) is 17.9 Å². The van der Waals surface area contributed by atoms with Crippen molar-refractivity contribution in [2.75, 3.05) is 6.54 Å². The van der Waals surface area contributed by atoms with Crippen LogP contribution in [0.1, 0.15) is 84.5 Å². The first-order chi connectivity index (χ1) is 19.2. The van der Waals surface area contributed by atoms with E-state index in [1.165, 1.54) is 11.1 Å². The van der Waals surface area contributed by atoms with E-state index in [9.17, 15) is 4.79 Å². The third-order valence-corrected chi connectivity index (χ3v) is 16.3. The lowest BCUT2D eigenvalue weighted by molar-refractivity contribution is -0.127. The molecule has 40 heavy (non-hydrogen) atoms. The zero-order valence-corrected chi connectivity index (χ0v) is 26.4. The van der Waals surface area contributed by atoms with Gasteiger partial charge in [-0.25, -0.2) is 0 Å². The summed E-state index contributed by atoms with van der Waals surface area (Å²) < 4.78 is 2.59. The van der Waals surface area contributed by atoms with Gasteiger partial charge in [-0.05, 0) is 102 Å². The van der Waals surface area contributed by atoms with E-state index in [2.05, 4.69) is 106 Å². The molecule has 3 aromatic rings. The van der Waals surface area contributed by atoms with Crippen LogP contribution in [0.25, 0.3) is 11.1 Å². The number of nitrogens with zero attached hydrogens (tertiary/aromatic N) is 2. The minimum Gasteiger partial charge on any atom is -0.379 e. The Labute approximate surface area is 243 Å². The van der Waals surface area contributed by atoms with E-state index >= 15 is 0 Å². The Morgan fingerprint density at radius 2 is 1.60 bits per heavy atom. The minimum absolute atomic E-state index is 0.0551. The molecule has 1 amide bonds. The van der Waals surface area contributed by atoms with Crippen molar-refractivity contribution >= 4 is 14.1 Å². The maximum atomic E-state index is 13.5. The topological polar surface area (TPSA) is 72.9 Å². The smallest absolute Gasteiger partial charge is 0.223 e. The number of nitrogens with two attached hydrogens (primary N) is 1. The fourth-order valence-corrected chi connectivity index (χ4v) is 14.0. The average molecular weight is 559 g/mol. The van der Waals surface area contributed by atoms with Crippen LogP contribution in [0.15, 0.2) is 67.1 Å². The average Bonchev–Trinajstić information content (AvgIpc) is 3.43. The molecule has 1 aliphatic carbocycles. The predicted molar refractivity (Wildman–Crippen MR) is 170 cm³/mol. The van der Waals surface area contributed by atoms with Crippen molar-refractivity contribution in [3.05, 3.63) is 78.4 Å². The molecule has 1 aliphatic rings. The highest BCUT2D eigenvalue weighted by molar-refractivity contribution is 6.82. The second-order valence-electron chi connectivity index (χ2n) is 12.8. The lowest BCUT2D eigenvalue weighted by Crippen LogP contribution is -2.51. The summed E-state index contributed by atoms with van der Waals surface area (Å²) in [5, 5.41) is 3.41. The zero-order chi connectivity index (χ0) is 28.9. The maximum Gasteiger partial charge on any atom is 0.223 e. The van der Waals surface area contributed by atoms with Crippen LogP contribution in [0.3, 0.4) is 0 Å². The van der Waals surface area contributed by atoms with Crippen LogP contribution in [-0.4, -0.2) is 29.9 Å². The number of carbonyl (C=O) groups is 1. The molecule has 2 aromatic heterocycles. The van der Waals surface area contributed by atoms with Crippen LogP contribution in [0, 0.1) is 11.8 Å². The molecule has 0 aliphatic heterocycles. The Kier molecular flexibility index (Phi) is 10.1. The number of hydrogen-bond acceptors (Lipinski definition) is 3. The summed E-state index contributed by atoms with van der Waals surface area (Å²) in [4.78, 5) is 18.3. The lowest BCUT2D eigenvalue weighted by Gasteiger charge is -2.44. The molecular weight excluding hydrogens is 508 g/mol. The van der Waals surface area contributed by atoms with Gasteiger partial charge in [-0.15, -0.1) is 0 Å². The standard InChI is InChI=1S/C34H50N4OSi/c1-24(2)40(25(3)4,26(5)6)38-19-17-31(23-38)30-16-18-36-32(21-30)33(20-27-10-8-7-9-11-27)37-34(39)29-14-12-28(22-35)13-15-29/h7-11,16-19,21,23-26,28-29,33H,12-15,20,22,35H2,1-6H3,(H,37,39). The van der Waals surface area contributed by atoms with Gasteiger partial charge < -0.3 is 15.3 Å². The molecule has 0 spiro atoms. The lowest BCUT2D eigenvalue weighted by atomic mass is 9.81. The number of aromatic nitrogens is 2. The third-order valence-electron chi connectivity index (χ3n) is 9.54. The Balaban J connectivity index is 1.63. The van der Waals surface area contributed by atoms with Gasteiger partial charge in [0, 0.05) is 18.3 Å². The fourth-order valence-electron chi connectivity index (χ4n) is 7.55. The van der Waals surface area contributed by atoms with Gasteiger partial charge in [-0.2, -0.15) is 0 Å². The zero-order valence-electron chi connectivity index (χ0n) is 25.4. The largest absolute Gasteiger partial charge is 0.379 e. The Morgan fingerprint density at radius 1 is 0.950 bits per heavy atom. The van der Waals surface area contributed by atoms with Crippen LogP contribution in [0.5, 0.6) is 0 Å². The highest BCUT2D eigenvalue weighted by Crippen LogP contribution is 2.43. The third kappa shape index (κ3) is 6.44.